The van der Waals surface area contributed by atoms with Crippen molar-refractivity contribution in [3.8, 4) is 0 Å². The Morgan fingerprint density at radius 3 is 2.44 bits per heavy atom. The SMILES string of the molecule is CC(C)(N)C(=O)NCc1cccc(C(F)(F)F)c1. The molecule has 0 unspecified atom stereocenters. The van der Waals surface area contributed by atoms with Crippen LogP contribution >= 0.6 is 0 Å². The number of rotatable bonds is 3. The highest BCUT2D eigenvalue weighted by atomic mass is 19.4. The largest absolute Gasteiger partial charge is 0.416 e. The van der Waals surface area contributed by atoms with Gasteiger partial charge in [0, 0.05) is 6.54 Å². The molecule has 0 heterocycles. The average molecular weight is 260 g/mol. The number of carbonyl (C=O) groups is 1. The van der Waals surface area contributed by atoms with Crippen LogP contribution in [-0.4, -0.2) is 11.4 Å². The second-order valence-corrected chi connectivity index (χ2v) is 4.60. The third kappa shape index (κ3) is 4.03. The van der Waals surface area contributed by atoms with Gasteiger partial charge in [-0.15, -0.1) is 0 Å². The molecule has 6 heteroatoms. The molecule has 1 rings (SSSR count). The van der Waals surface area contributed by atoms with Crippen molar-refractivity contribution in [1.29, 1.82) is 0 Å². The van der Waals surface area contributed by atoms with Gasteiger partial charge in [-0.05, 0) is 31.5 Å². The van der Waals surface area contributed by atoms with Gasteiger partial charge in [-0.3, -0.25) is 4.79 Å². The minimum absolute atomic E-state index is 0.0172. The van der Waals surface area contributed by atoms with E-state index in [4.69, 9.17) is 5.73 Å². The maximum atomic E-state index is 12.4. The van der Waals surface area contributed by atoms with E-state index in [1.54, 1.807) is 0 Å². The van der Waals surface area contributed by atoms with E-state index in [0.717, 1.165) is 12.1 Å². The highest BCUT2D eigenvalue weighted by Crippen LogP contribution is 2.29. The number of halogens is 3. The molecule has 0 aliphatic rings. The Balaban J connectivity index is 2.73. The molecule has 3 nitrogen and oxygen atoms in total. The third-order valence-electron chi connectivity index (χ3n) is 2.29. The van der Waals surface area contributed by atoms with Crippen molar-refractivity contribution in [2.24, 2.45) is 5.73 Å². The highest BCUT2D eigenvalue weighted by molar-refractivity contribution is 5.84. The molecule has 0 radical (unpaired) electrons. The predicted molar refractivity (Wildman–Crippen MR) is 61.6 cm³/mol. The number of nitrogens with one attached hydrogen (secondary N) is 1. The third-order valence-corrected chi connectivity index (χ3v) is 2.29. The molecule has 0 fully saturated rings. The lowest BCUT2D eigenvalue weighted by atomic mass is 10.1. The van der Waals surface area contributed by atoms with Crippen LogP contribution in [0.25, 0.3) is 0 Å². The van der Waals surface area contributed by atoms with Gasteiger partial charge in [-0.25, -0.2) is 0 Å². The maximum absolute atomic E-state index is 12.4. The molecule has 1 amide bonds. The Hall–Kier alpha value is -1.56. The predicted octanol–water partition coefficient (Wildman–Crippen LogP) is 2.06. The second-order valence-electron chi connectivity index (χ2n) is 4.60. The van der Waals surface area contributed by atoms with E-state index >= 15 is 0 Å². The molecule has 1 aromatic carbocycles. The molecule has 0 aliphatic carbocycles. The van der Waals surface area contributed by atoms with E-state index in [1.165, 1.54) is 26.0 Å². The normalized spacial score (nSPS) is 12.3. The zero-order chi connectivity index (χ0) is 14.0. The van der Waals surface area contributed by atoms with Crippen molar-refractivity contribution in [3.05, 3.63) is 35.4 Å². The van der Waals surface area contributed by atoms with Crippen LogP contribution in [0.1, 0.15) is 25.0 Å². The zero-order valence-corrected chi connectivity index (χ0v) is 10.1. The fourth-order valence-corrected chi connectivity index (χ4v) is 1.27. The summed E-state index contributed by atoms with van der Waals surface area (Å²) in [5, 5.41) is 2.49. The van der Waals surface area contributed by atoms with Crippen molar-refractivity contribution in [1.82, 2.24) is 5.32 Å². The minimum atomic E-state index is -4.38. The number of amides is 1. The number of benzene rings is 1. The lowest BCUT2D eigenvalue weighted by Crippen LogP contribution is -2.48. The Labute approximate surface area is 103 Å². The zero-order valence-electron chi connectivity index (χ0n) is 10.1. The minimum Gasteiger partial charge on any atom is -0.350 e. The summed E-state index contributed by atoms with van der Waals surface area (Å²) in [6.45, 7) is 3.06. The van der Waals surface area contributed by atoms with E-state index in [2.05, 4.69) is 5.32 Å². The van der Waals surface area contributed by atoms with Gasteiger partial charge in [0.2, 0.25) is 5.91 Å². The summed E-state index contributed by atoms with van der Waals surface area (Å²) in [6.07, 6.45) is -4.38. The maximum Gasteiger partial charge on any atom is 0.416 e. The Kier molecular flexibility index (Phi) is 4.01. The summed E-state index contributed by atoms with van der Waals surface area (Å²) in [5.41, 5.74) is 4.14. The van der Waals surface area contributed by atoms with Crippen molar-refractivity contribution < 1.29 is 18.0 Å². The van der Waals surface area contributed by atoms with Gasteiger partial charge in [0.15, 0.2) is 0 Å². The quantitative estimate of drug-likeness (QED) is 0.874. The number of hydrogen-bond acceptors (Lipinski definition) is 2. The van der Waals surface area contributed by atoms with Crippen molar-refractivity contribution >= 4 is 5.91 Å². The fraction of sp³-hybridized carbons (Fsp3) is 0.417. The van der Waals surface area contributed by atoms with Crippen LogP contribution in [0.5, 0.6) is 0 Å². The molecule has 0 atom stereocenters. The topological polar surface area (TPSA) is 55.1 Å². The van der Waals surface area contributed by atoms with E-state index in [1.807, 2.05) is 0 Å². The van der Waals surface area contributed by atoms with Gasteiger partial charge < -0.3 is 11.1 Å². The highest BCUT2D eigenvalue weighted by Gasteiger charge is 2.30. The molecule has 0 aliphatic heterocycles. The van der Waals surface area contributed by atoms with Crippen LogP contribution in [0, 0.1) is 0 Å². The number of hydrogen-bond donors (Lipinski definition) is 2. The van der Waals surface area contributed by atoms with E-state index < -0.39 is 23.2 Å². The summed E-state index contributed by atoms with van der Waals surface area (Å²) >= 11 is 0. The molecule has 0 aromatic heterocycles. The first kappa shape index (κ1) is 14.5. The van der Waals surface area contributed by atoms with Crippen molar-refractivity contribution in [2.75, 3.05) is 0 Å². The number of nitrogens with two attached hydrogens (primary N) is 1. The lowest BCUT2D eigenvalue weighted by molar-refractivity contribution is -0.137. The average Bonchev–Trinajstić information content (AvgIpc) is 2.23. The number of carbonyl (C=O) groups excluding carboxylic acids is 1. The van der Waals surface area contributed by atoms with Crippen LogP contribution in [0.2, 0.25) is 0 Å². The fourth-order valence-electron chi connectivity index (χ4n) is 1.27. The molecule has 3 N–H and O–H groups in total. The lowest BCUT2D eigenvalue weighted by Gasteiger charge is -2.18. The van der Waals surface area contributed by atoms with Crippen LogP contribution in [0.4, 0.5) is 13.2 Å². The molecule has 0 spiro atoms. The smallest absolute Gasteiger partial charge is 0.350 e. The Morgan fingerprint density at radius 2 is 1.94 bits per heavy atom. The van der Waals surface area contributed by atoms with E-state index in [9.17, 15) is 18.0 Å². The van der Waals surface area contributed by atoms with Crippen LogP contribution in [-0.2, 0) is 17.5 Å². The monoisotopic (exact) mass is 260 g/mol. The van der Waals surface area contributed by atoms with Gasteiger partial charge in [0.1, 0.15) is 0 Å². The summed E-state index contributed by atoms with van der Waals surface area (Å²) in [4.78, 5) is 11.5. The standard InChI is InChI=1S/C12H15F3N2O/c1-11(2,16)10(18)17-7-8-4-3-5-9(6-8)12(13,14)15/h3-6H,7,16H2,1-2H3,(H,17,18). The van der Waals surface area contributed by atoms with E-state index in [0.29, 0.717) is 5.56 Å². The molecular weight excluding hydrogens is 245 g/mol. The van der Waals surface area contributed by atoms with Gasteiger partial charge >= 0.3 is 6.18 Å². The molecule has 0 saturated heterocycles. The molecule has 1 aromatic rings. The first-order valence-corrected chi connectivity index (χ1v) is 5.34. The molecule has 18 heavy (non-hydrogen) atoms. The molecule has 100 valence electrons. The Morgan fingerprint density at radius 1 is 1.33 bits per heavy atom. The molecule has 0 bridgehead atoms. The van der Waals surface area contributed by atoms with E-state index in [-0.39, 0.29) is 6.54 Å². The van der Waals surface area contributed by atoms with Crippen molar-refractivity contribution in [2.45, 2.75) is 32.1 Å². The van der Waals surface area contributed by atoms with Crippen LogP contribution in [0.15, 0.2) is 24.3 Å². The Bertz CT molecular complexity index is 436. The summed E-state index contributed by atoms with van der Waals surface area (Å²) in [5.74, 6) is -0.417. The first-order chi connectivity index (χ1) is 8.10. The second kappa shape index (κ2) is 4.97. The van der Waals surface area contributed by atoms with Gasteiger partial charge in [-0.2, -0.15) is 13.2 Å². The molecule has 0 saturated carbocycles. The summed E-state index contributed by atoms with van der Waals surface area (Å²) in [7, 11) is 0. The van der Waals surface area contributed by atoms with Gasteiger partial charge in [0.25, 0.3) is 0 Å². The first-order valence-electron chi connectivity index (χ1n) is 5.34. The molecular formula is C12H15F3N2O. The van der Waals surface area contributed by atoms with Crippen LogP contribution < -0.4 is 11.1 Å². The van der Waals surface area contributed by atoms with Gasteiger partial charge in [0.05, 0.1) is 11.1 Å². The van der Waals surface area contributed by atoms with Crippen LogP contribution in [0.3, 0.4) is 0 Å². The van der Waals surface area contributed by atoms with Gasteiger partial charge in [-0.1, -0.05) is 12.1 Å². The summed E-state index contributed by atoms with van der Waals surface area (Å²) < 4.78 is 37.3. The van der Waals surface area contributed by atoms with Crippen molar-refractivity contribution in [3.63, 3.8) is 0 Å². The number of alkyl halides is 3. The summed E-state index contributed by atoms with van der Waals surface area (Å²) in [6, 6.07) is 4.80.